The zero-order valence-electron chi connectivity index (χ0n) is 13.6. The molecule has 0 heterocycles. The number of phenols is 1. The van der Waals surface area contributed by atoms with Gasteiger partial charge in [0, 0.05) is 15.4 Å². The van der Waals surface area contributed by atoms with Crippen LogP contribution in [0.25, 0.3) is 0 Å². The number of ether oxygens (including phenoxy) is 1. The van der Waals surface area contributed by atoms with Crippen LogP contribution in [0.2, 0.25) is 0 Å². The third kappa shape index (κ3) is 3.78. The molecule has 0 atom stereocenters. The summed E-state index contributed by atoms with van der Waals surface area (Å²) in [6.07, 6.45) is 0. The second-order valence-electron chi connectivity index (χ2n) is 5.38. The summed E-state index contributed by atoms with van der Waals surface area (Å²) in [6.45, 7) is 0. The second kappa shape index (κ2) is 7.32. The number of phenolic OH excluding ortho intramolecular Hbond substituents is 1. The lowest BCUT2D eigenvalue weighted by molar-refractivity contribution is 0.103. The molecule has 5 heteroatoms. The molecular weight excluding hydrogens is 334 g/mol. The lowest BCUT2D eigenvalue weighted by Crippen LogP contribution is -2.04. The van der Waals surface area contributed by atoms with Crippen molar-refractivity contribution in [1.29, 1.82) is 0 Å². The lowest BCUT2D eigenvalue weighted by atomic mass is 10.0. The molecule has 3 N–H and O–H groups in total. The van der Waals surface area contributed by atoms with Gasteiger partial charge in [-0.15, -0.1) is 0 Å². The van der Waals surface area contributed by atoms with Gasteiger partial charge >= 0.3 is 0 Å². The lowest BCUT2D eigenvalue weighted by Gasteiger charge is -2.10. The number of nitrogen functional groups attached to an aromatic ring is 1. The fourth-order valence-corrected chi connectivity index (χ4v) is 3.31. The minimum Gasteiger partial charge on any atom is -0.505 e. The first-order valence-corrected chi connectivity index (χ1v) is 8.44. The molecule has 0 aliphatic carbocycles. The number of rotatable bonds is 5. The molecule has 0 amide bonds. The molecule has 0 aliphatic rings. The Kier molecular flexibility index (Phi) is 4.95. The van der Waals surface area contributed by atoms with Crippen LogP contribution in [0, 0.1) is 0 Å². The number of carbonyl (C=O) groups is 1. The quantitative estimate of drug-likeness (QED) is 0.406. The first-order chi connectivity index (χ1) is 12.1. The van der Waals surface area contributed by atoms with E-state index < -0.39 is 0 Å². The molecule has 4 nitrogen and oxygen atoms in total. The molecule has 0 fully saturated rings. The summed E-state index contributed by atoms with van der Waals surface area (Å²) >= 11 is 1.48. The number of anilines is 1. The third-order valence-electron chi connectivity index (χ3n) is 3.69. The van der Waals surface area contributed by atoms with Crippen molar-refractivity contribution in [1.82, 2.24) is 0 Å². The summed E-state index contributed by atoms with van der Waals surface area (Å²) in [7, 11) is 1.56. The highest BCUT2D eigenvalue weighted by Crippen LogP contribution is 2.36. The van der Waals surface area contributed by atoms with E-state index >= 15 is 0 Å². The fourth-order valence-electron chi connectivity index (χ4n) is 2.38. The molecule has 0 radical (unpaired) electrons. The van der Waals surface area contributed by atoms with Crippen molar-refractivity contribution < 1.29 is 14.6 Å². The molecule has 3 rings (SSSR count). The van der Waals surface area contributed by atoms with Crippen LogP contribution < -0.4 is 10.5 Å². The number of hydrogen-bond acceptors (Lipinski definition) is 5. The van der Waals surface area contributed by atoms with Crippen LogP contribution in [0.4, 0.5) is 5.69 Å². The van der Waals surface area contributed by atoms with Gasteiger partial charge in [0.15, 0.2) is 5.78 Å². The van der Waals surface area contributed by atoms with Crippen molar-refractivity contribution in [3.63, 3.8) is 0 Å². The molecule has 0 aromatic heterocycles. The van der Waals surface area contributed by atoms with Crippen LogP contribution in [0.15, 0.2) is 76.5 Å². The summed E-state index contributed by atoms with van der Waals surface area (Å²) in [4.78, 5) is 14.6. The van der Waals surface area contributed by atoms with Gasteiger partial charge in [-0.2, -0.15) is 0 Å². The van der Waals surface area contributed by atoms with Crippen molar-refractivity contribution in [3.8, 4) is 11.5 Å². The summed E-state index contributed by atoms with van der Waals surface area (Å²) < 4.78 is 5.10. The van der Waals surface area contributed by atoms with E-state index in [9.17, 15) is 9.90 Å². The van der Waals surface area contributed by atoms with Crippen LogP contribution in [-0.2, 0) is 0 Å². The summed E-state index contributed by atoms with van der Waals surface area (Å²) in [6, 6.07) is 19.8. The van der Waals surface area contributed by atoms with Crippen LogP contribution in [0.3, 0.4) is 0 Å². The van der Waals surface area contributed by atoms with Crippen molar-refractivity contribution in [2.24, 2.45) is 0 Å². The van der Waals surface area contributed by atoms with Crippen LogP contribution in [-0.4, -0.2) is 18.0 Å². The van der Waals surface area contributed by atoms with E-state index in [0.29, 0.717) is 11.3 Å². The minimum atomic E-state index is -0.289. The predicted octanol–water partition coefficient (Wildman–Crippen LogP) is 4.37. The molecule has 3 aromatic carbocycles. The maximum Gasteiger partial charge on any atom is 0.196 e. The Hall–Kier alpha value is -2.92. The van der Waals surface area contributed by atoms with E-state index in [4.69, 9.17) is 10.5 Å². The Balaban J connectivity index is 1.95. The van der Waals surface area contributed by atoms with E-state index in [0.717, 1.165) is 9.79 Å². The normalized spacial score (nSPS) is 10.4. The van der Waals surface area contributed by atoms with Crippen LogP contribution in [0.5, 0.6) is 11.5 Å². The van der Waals surface area contributed by atoms with E-state index in [1.54, 1.807) is 43.5 Å². The number of nitrogens with two attached hydrogens (primary N) is 1. The van der Waals surface area contributed by atoms with Gasteiger partial charge < -0.3 is 15.6 Å². The highest BCUT2D eigenvalue weighted by Gasteiger charge is 2.17. The van der Waals surface area contributed by atoms with Gasteiger partial charge in [-0.1, -0.05) is 30.0 Å². The second-order valence-corrected chi connectivity index (χ2v) is 6.53. The molecule has 0 unspecified atom stereocenters. The highest BCUT2D eigenvalue weighted by atomic mass is 32.2. The van der Waals surface area contributed by atoms with Crippen molar-refractivity contribution in [2.75, 3.05) is 12.8 Å². The van der Waals surface area contributed by atoms with Gasteiger partial charge in [-0.3, -0.25) is 4.79 Å². The molecule has 0 aliphatic heterocycles. The molecule has 126 valence electrons. The predicted molar refractivity (Wildman–Crippen MR) is 99.5 cm³/mol. The van der Waals surface area contributed by atoms with E-state index in [1.807, 2.05) is 30.3 Å². The Morgan fingerprint density at radius 1 is 1.00 bits per heavy atom. The third-order valence-corrected chi connectivity index (χ3v) is 4.67. The van der Waals surface area contributed by atoms with Gasteiger partial charge in [-0.05, 0) is 48.5 Å². The van der Waals surface area contributed by atoms with E-state index in [1.165, 1.54) is 11.8 Å². The summed E-state index contributed by atoms with van der Waals surface area (Å²) in [5, 5.41) is 10.2. The molecule has 3 aromatic rings. The zero-order valence-corrected chi connectivity index (χ0v) is 14.4. The Morgan fingerprint density at radius 3 is 2.32 bits per heavy atom. The smallest absolute Gasteiger partial charge is 0.196 e. The number of benzene rings is 3. The molecule has 0 saturated heterocycles. The monoisotopic (exact) mass is 351 g/mol. The number of ketones is 1. The first kappa shape index (κ1) is 16.9. The van der Waals surface area contributed by atoms with E-state index in [-0.39, 0.29) is 22.8 Å². The number of carbonyl (C=O) groups excluding carboxylic acids is 1. The maximum atomic E-state index is 12.8. The van der Waals surface area contributed by atoms with Crippen LogP contribution >= 0.6 is 11.8 Å². The SMILES string of the molecule is COc1ccc(C(=O)c2cc(Sc3ccccc3)cc(N)c2O)cc1. The van der Waals surface area contributed by atoms with Crippen molar-refractivity contribution in [2.45, 2.75) is 9.79 Å². The number of aromatic hydroxyl groups is 1. The van der Waals surface area contributed by atoms with Gasteiger partial charge in [0.05, 0.1) is 18.4 Å². The Labute approximate surface area is 150 Å². The molecular formula is C20H17NO3S. The van der Waals surface area contributed by atoms with Crippen LogP contribution in [0.1, 0.15) is 15.9 Å². The Bertz CT molecular complexity index is 893. The van der Waals surface area contributed by atoms with Crippen molar-refractivity contribution in [3.05, 3.63) is 77.9 Å². The number of methoxy groups -OCH3 is 1. The summed E-state index contributed by atoms with van der Waals surface area (Å²) in [5.74, 6) is 0.175. The summed E-state index contributed by atoms with van der Waals surface area (Å²) in [5.41, 5.74) is 6.72. The molecule has 25 heavy (non-hydrogen) atoms. The first-order valence-electron chi connectivity index (χ1n) is 7.62. The average Bonchev–Trinajstić information content (AvgIpc) is 2.65. The average molecular weight is 351 g/mol. The van der Waals surface area contributed by atoms with Gasteiger partial charge in [0.1, 0.15) is 11.5 Å². The Morgan fingerprint density at radius 2 is 1.68 bits per heavy atom. The largest absolute Gasteiger partial charge is 0.505 e. The zero-order chi connectivity index (χ0) is 17.8. The molecule has 0 saturated carbocycles. The standard InChI is InChI=1S/C20H17NO3S/c1-24-14-9-7-13(8-10-14)19(22)17-11-16(12-18(21)20(17)23)25-15-5-3-2-4-6-15/h2-12,23H,21H2,1H3. The molecule has 0 bridgehead atoms. The molecule has 0 spiro atoms. The fraction of sp³-hybridized carbons (Fsp3) is 0.0500. The maximum absolute atomic E-state index is 12.8. The van der Waals surface area contributed by atoms with Gasteiger partial charge in [-0.25, -0.2) is 0 Å². The van der Waals surface area contributed by atoms with Gasteiger partial charge in [0.25, 0.3) is 0 Å². The number of hydrogen-bond donors (Lipinski definition) is 2. The van der Waals surface area contributed by atoms with Gasteiger partial charge in [0.2, 0.25) is 0 Å². The van der Waals surface area contributed by atoms with Crippen molar-refractivity contribution >= 4 is 23.2 Å². The topological polar surface area (TPSA) is 72.5 Å². The minimum absolute atomic E-state index is 0.179. The highest BCUT2D eigenvalue weighted by molar-refractivity contribution is 7.99. The van der Waals surface area contributed by atoms with E-state index in [2.05, 4.69) is 0 Å².